The minimum Gasteiger partial charge on any atom is -0.392 e. The maximum Gasteiger partial charge on any atom is 0.198 e. The Labute approximate surface area is 146 Å². The molecule has 0 unspecified atom stereocenters. The van der Waals surface area contributed by atoms with E-state index < -0.39 is 0 Å². The molecule has 0 amide bonds. The topological polar surface area (TPSA) is 82.2 Å². The number of rotatable bonds is 7. The highest BCUT2D eigenvalue weighted by Crippen LogP contribution is 2.24. The SMILES string of the molecule is CCc1c(C(=O)CNc2cc(CO)ccc2Cl)[nH]c(C)c1C(C)=O. The summed E-state index contributed by atoms with van der Waals surface area (Å²) in [5.74, 6) is -0.195. The van der Waals surface area contributed by atoms with Crippen LogP contribution in [0.1, 0.15) is 51.5 Å². The molecule has 0 saturated carbocycles. The van der Waals surface area contributed by atoms with E-state index in [4.69, 9.17) is 11.6 Å². The highest BCUT2D eigenvalue weighted by Gasteiger charge is 2.21. The van der Waals surface area contributed by atoms with Crippen LogP contribution in [-0.4, -0.2) is 28.2 Å². The lowest BCUT2D eigenvalue weighted by molar-refractivity contribution is 0.1000. The van der Waals surface area contributed by atoms with E-state index >= 15 is 0 Å². The number of aromatic nitrogens is 1. The van der Waals surface area contributed by atoms with Crippen LogP contribution in [0.2, 0.25) is 5.02 Å². The predicted molar refractivity (Wildman–Crippen MR) is 95.1 cm³/mol. The molecule has 0 aliphatic heterocycles. The molecule has 0 bridgehead atoms. The summed E-state index contributed by atoms with van der Waals surface area (Å²) in [5.41, 5.74) is 3.82. The van der Waals surface area contributed by atoms with E-state index in [-0.39, 0.29) is 24.7 Å². The third kappa shape index (κ3) is 3.68. The summed E-state index contributed by atoms with van der Waals surface area (Å²) in [4.78, 5) is 27.4. The number of aliphatic hydroxyl groups excluding tert-OH is 1. The number of benzene rings is 1. The van der Waals surface area contributed by atoms with Crippen molar-refractivity contribution < 1.29 is 14.7 Å². The highest BCUT2D eigenvalue weighted by atomic mass is 35.5. The summed E-state index contributed by atoms with van der Waals surface area (Å²) in [6, 6.07) is 5.10. The molecule has 0 saturated heterocycles. The number of hydrogen-bond acceptors (Lipinski definition) is 4. The maximum absolute atomic E-state index is 12.6. The van der Waals surface area contributed by atoms with Crippen molar-refractivity contribution in [2.24, 2.45) is 0 Å². The van der Waals surface area contributed by atoms with E-state index in [9.17, 15) is 14.7 Å². The molecule has 1 heterocycles. The quantitative estimate of drug-likeness (QED) is 0.668. The van der Waals surface area contributed by atoms with E-state index in [0.717, 1.165) is 5.56 Å². The standard InChI is InChI=1S/C18H21ClN2O3/c1-4-13-17(11(3)23)10(2)21-18(13)16(24)8-20-15-7-12(9-22)5-6-14(15)19/h5-7,20-22H,4,8-9H2,1-3H3. The van der Waals surface area contributed by atoms with E-state index in [1.807, 2.05) is 6.92 Å². The Kier molecular flexibility index (Phi) is 5.80. The normalized spacial score (nSPS) is 10.7. The summed E-state index contributed by atoms with van der Waals surface area (Å²) < 4.78 is 0. The number of hydrogen-bond donors (Lipinski definition) is 3. The number of Topliss-reactive ketones (excluding diaryl/α,β-unsaturated/α-hetero) is 2. The first-order valence-electron chi connectivity index (χ1n) is 7.77. The van der Waals surface area contributed by atoms with Crippen LogP contribution < -0.4 is 5.32 Å². The minimum absolute atomic E-state index is 0.0406. The summed E-state index contributed by atoms with van der Waals surface area (Å²) in [6.45, 7) is 5.15. The fourth-order valence-electron chi connectivity index (χ4n) is 2.82. The zero-order valence-corrected chi connectivity index (χ0v) is 14.8. The van der Waals surface area contributed by atoms with Gasteiger partial charge in [0.1, 0.15) is 0 Å². The van der Waals surface area contributed by atoms with Crippen molar-refractivity contribution in [1.82, 2.24) is 4.98 Å². The lowest BCUT2D eigenvalue weighted by Crippen LogP contribution is -2.16. The Morgan fingerprint density at radius 2 is 2.04 bits per heavy atom. The molecular formula is C18H21ClN2O3. The number of H-pyrrole nitrogens is 1. The van der Waals surface area contributed by atoms with Crippen molar-refractivity contribution in [3.63, 3.8) is 0 Å². The number of ketones is 2. The number of carbonyl (C=O) groups is 2. The number of halogens is 1. The van der Waals surface area contributed by atoms with Crippen LogP contribution in [0.4, 0.5) is 5.69 Å². The van der Waals surface area contributed by atoms with Crippen molar-refractivity contribution in [3.05, 3.63) is 51.3 Å². The van der Waals surface area contributed by atoms with E-state index in [1.54, 1.807) is 25.1 Å². The smallest absolute Gasteiger partial charge is 0.198 e. The Morgan fingerprint density at radius 1 is 1.33 bits per heavy atom. The van der Waals surface area contributed by atoms with E-state index in [2.05, 4.69) is 10.3 Å². The minimum atomic E-state index is -0.145. The summed E-state index contributed by atoms with van der Waals surface area (Å²) in [7, 11) is 0. The number of aliphatic hydroxyl groups is 1. The van der Waals surface area contributed by atoms with Gasteiger partial charge in [-0.3, -0.25) is 9.59 Å². The van der Waals surface area contributed by atoms with Crippen LogP contribution in [0.25, 0.3) is 0 Å². The first kappa shape index (κ1) is 18.2. The lowest BCUT2D eigenvalue weighted by Gasteiger charge is -2.09. The molecule has 3 N–H and O–H groups in total. The van der Waals surface area contributed by atoms with Crippen LogP contribution in [0.3, 0.4) is 0 Å². The second-order valence-electron chi connectivity index (χ2n) is 5.64. The second kappa shape index (κ2) is 7.64. The zero-order chi connectivity index (χ0) is 17.9. The van der Waals surface area contributed by atoms with Crippen LogP contribution in [0.5, 0.6) is 0 Å². The fraction of sp³-hybridized carbons (Fsp3) is 0.333. The fourth-order valence-corrected chi connectivity index (χ4v) is 3.00. The summed E-state index contributed by atoms with van der Waals surface area (Å²) >= 11 is 6.10. The predicted octanol–water partition coefficient (Wildman–Crippen LogP) is 3.53. The van der Waals surface area contributed by atoms with Crippen molar-refractivity contribution in [2.75, 3.05) is 11.9 Å². The third-order valence-corrected chi connectivity index (χ3v) is 4.26. The molecule has 0 radical (unpaired) electrons. The summed E-state index contributed by atoms with van der Waals surface area (Å²) in [6.07, 6.45) is 0.598. The van der Waals surface area contributed by atoms with Gasteiger partial charge in [-0.15, -0.1) is 0 Å². The molecule has 0 spiro atoms. The van der Waals surface area contributed by atoms with Gasteiger partial charge in [-0.1, -0.05) is 24.6 Å². The number of aromatic amines is 1. The van der Waals surface area contributed by atoms with E-state index in [1.165, 1.54) is 6.92 Å². The van der Waals surface area contributed by atoms with Gasteiger partial charge in [-0.2, -0.15) is 0 Å². The molecule has 1 aromatic heterocycles. The van der Waals surface area contributed by atoms with Crippen molar-refractivity contribution in [2.45, 2.75) is 33.8 Å². The maximum atomic E-state index is 12.6. The molecule has 0 aliphatic carbocycles. The van der Waals surface area contributed by atoms with Gasteiger partial charge in [0.15, 0.2) is 11.6 Å². The number of aryl methyl sites for hydroxylation is 1. The van der Waals surface area contributed by atoms with Crippen LogP contribution in [0.15, 0.2) is 18.2 Å². The molecule has 0 atom stereocenters. The highest BCUT2D eigenvalue weighted by molar-refractivity contribution is 6.33. The van der Waals surface area contributed by atoms with Crippen molar-refractivity contribution in [3.8, 4) is 0 Å². The zero-order valence-electron chi connectivity index (χ0n) is 14.0. The number of anilines is 1. The molecule has 5 nitrogen and oxygen atoms in total. The molecule has 0 aliphatic rings. The molecule has 6 heteroatoms. The molecule has 0 fully saturated rings. The van der Waals surface area contributed by atoms with Gasteiger partial charge in [0.05, 0.1) is 29.6 Å². The van der Waals surface area contributed by atoms with E-state index in [0.29, 0.717) is 39.6 Å². The largest absolute Gasteiger partial charge is 0.392 e. The van der Waals surface area contributed by atoms with Gasteiger partial charge < -0.3 is 15.4 Å². The van der Waals surface area contributed by atoms with Crippen LogP contribution in [0, 0.1) is 6.92 Å². The Hall–Kier alpha value is -2.11. The average molecular weight is 349 g/mol. The lowest BCUT2D eigenvalue weighted by atomic mass is 10.0. The third-order valence-electron chi connectivity index (χ3n) is 3.93. The second-order valence-corrected chi connectivity index (χ2v) is 6.04. The van der Waals surface area contributed by atoms with Gasteiger partial charge in [0, 0.05) is 11.3 Å². The van der Waals surface area contributed by atoms with Crippen molar-refractivity contribution >= 4 is 28.9 Å². The van der Waals surface area contributed by atoms with Gasteiger partial charge in [-0.05, 0) is 43.5 Å². The van der Waals surface area contributed by atoms with Gasteiger partial charge in [0.25, 0.3) is 0 Å². The number of nitrogens with one attached hydrogen (secondary N) is 2. The monoisotopic (exact) mass is 348 g/mol. The Bertz CT molecular complexity index is 781. The Morgan fingerprint density at radius 3 is 2.62 bits per heavy atom. The molecule has 1 aromatic carbocycles. The summed E-state index contributed by atoms with van der Waals surface area (Å²) in [5, 5.41) is 12.7. The first-order valence-corrected chi connectivity index (χ1v) is 8.15. The Balaban J connectivity index is 2.22. The number of carbonyl (C=O) groups excluding carboxylic acids is 2. The average Bonchev–Trinajstić information content (AvgIpc) is 2.90. The van der Waals surface area contributed by atoms with Crippen molar-refractivity contribution in [1.29, 1.82) is 0 Å². The molecular weight excluding hydrogens is 328 g/mol. The van der Waals surface area contributed by atoms with Gasteiger partial charge >= 0.3 is 0 Å². The molecule has 2 rings (SSSR count). The van der Waals surface area contributed by atoms with Crippen LogP contribution >= 0.6 is 11.6 Å². The first-order chi connectivity index (χ1) is 11.4. The van der Waals surface area contributed by atoms with Gasteiger partial charge in [0.2, 0.25) is 0 Å². The van der Waals surface area contributed by atoms with Gasteiger partial charge in [-0.25, -0.2) is 0 Å². The molecule has 24 heavy (non-hydrogen) atoms. The van der Waals surface area contributed by atoms with Crippen LogP contribution in [-0.2, 0) is 13.0 Å². The molecule has 2 aromatic rings. The molecule has 128 valence electrons.